The second-order valence-electron chi connectivity index (χ2n) is 4.98. The van der Waals surface area contributed by atoms with Crippen LogP contribution in [0.3, 0.4) is 0 Å². The van der Waals surface area contributed by atoms with Crippen molar-refractivity contribution in [1.82, 2.24) is 0 Å². The Bertz CT molecular complexity index is 709. The maximum Gasteiger partial charge on any atom is 3.00 e. The fraction of sp³-hybridized carbons (Fsp3) is 0.222. The van der Waals surface area contributed by atoms with Crippen LogP contribution in [0.1, 0.15) is 11.1 Å². The fourth-order valence-electron chi connectivity index (χ4n) is 1.84. The topological polar surface area (TPSA) is 146 Å². The van der Waals surface area contributed by atoms with Gasteiger partial charge in [0.15, 0.2) is 0 Å². The van der Waals surface area contributed by atoms with E-state index in [1.807, 2.05) is 0 Å². The van der Waals surface area contributed by atoms with Crippen LogP contribution in [0.5, 0.6) is 11.5 Å². The number of benzene rings is 2. The molecule has 0 N–H and O–H groups in total. The number of para-hydroxylation sites is 2. The average molecular weight is 547 g/mol. The minimum atomic E-state index is -1.75. The van der Waals surface area contributed by atoms with Gasteiger partial charge < -0.3 is 30.3 Å². The zero-order chi connectivity index (χ0) is 19.9. The monoisotopic (exact) mass is 547 g/mol. The van der Waals surface area contributed by atoms with Crippen molar-refractivity contribution in [2.45, 2.75) is 0 Å². The van der Waals surface area contributed by atoms with Gasteiger partial charge in [-0.05, 0) is 11.1 Å². The molecule has 0 unspecified atom stereocenters. The second-order valence-corrected chi connectivity index (χ2v) is 4.98. The summed E-state index contributed by atoms with van der Waals surface area (Å²) in [5.74, 6) is -0.0738. The van der Waals surface area contributed by atoms with Crippen molar-refractivity contribution in [3.63, 3.8) is 0 Å². The van der Waals surface area contributed by atoms with Crippen LogP contribution in [0.4, 0.5) is 0 Å². The number of nitrogens with zero attached hydrogens (tertiary/aromatic N) is 3. The van der Waals surface area contributed by atoms with Gasteiger partial charge in [-0.1, -0.05) is 48.5 Å². The van der Waals surface area contributed by atoms with Crippen molar-refractivity contribution in [2.75, 3.05) is 26.3 Å². The van der Waals surface area contributed by atoms with Crippen LogP contribution >= 0.6 is 0 Å². The van der Waals surface area contributed by atoms with Crippen molar-refractivity contribution in [3.05, 3.63) is 75.0 Å². The molecule has 2 aromatic rings. The first-order valence-electron chi connectivity index (χ1n) is 7.91. The summed E-state index contributed by atoms with van der Waals surface area (Å²) in [6.45, 7) is 1.90. The van der Waals surface area contributed by atoms with Gasteiger partial charge in [0.1, 0.15) is 0 Å². The summed E-state index contributed by atoms with van der Waals surface area (Å²) in [6.07, 6.45) is 3.13. The van der Waals surface area contributed by atoms with Gasteiger partial charge in [0.25, 0.3) is 0 Å². The van der Waals surface area contributed by atoms with E-state index >= 15 is 0 Å². The zero-order valence-corrected chi connectivity index (χ0v) is 16.3. The molecule has 10 heteroatoms. The molecule has 0 amide bonds. The number of aliphatic imine (C=N–C) groups is 2. The number of ether oxygens (including phenoxy) is 1. The average Bonchev–Trinajstić information content (AvgIpc) is 2.62. The Morgan fingerprint density at radius 2 is 1.18 bits per heavy atom. The third kappa shape index (κ3) is 12.2. The first kappa shape index (κ1) is 25.8. The minimum absolute atomic E-state index is 0. The Kier molecular flexibility index (Phi) is 14.5. The van der Waals surface area contributed by atoms with Crippen molar-refractivity contribution < 1.29 is 56.9 Å². The van der Waals surface area contributed by atoms with Gasteiger partial charge >= 0.3 is 36.9 Å². The summed E-state index contributed by atoms with van der Waals surface area (Å²) in [5.41, 5.74) is 1.15. The predicted molar refractivity (Wildman–Crippen MR) is 97.9 cm³/mol. The van der Waals surface area contributed by atoms with Crippen LogP contribution in [0, 0.1) is 52.2 Å². The third-order valence-electron chi connectivity index (χ3n) is 3.03. The smallest absolute Gasteiger partial charge is 0.872 e. The summed E-state index contributed by atoms with van der Waals surface area (Å²) in [5, 5.41) is 37.6. The molecule has 0 radical (unpaired) electrons. The van der Waals surface area contributed by atoms with Gasteiger partial charge in [-0.2, -0.15) is 0 Å². The van der Waals surface area contributed by atoms with Gasteiger partial charge in [-0.25, -0.2) is 0 Å². The predicted octanol–water partition coefficient (Wildman–Crippen LogP) is 1.15. The standard InChI is InChI=1S/C18H20N2O3.Lu.NO3/c21-17-7-3-1-5-15(17)13-19-9-11-23-12-10-20-14-16-6-2-4-8-18(16)22;;2-1(3)4/h1-8,13-14,21-22H,9-12H2;;/q;+3;-1/p-2. The zero-order valence-electron chi connectivity index (χ0n) is 14.7. The summed E-state index contributed by atoms with van der Waals surface area (Å²) in [4.78, 5) is 16.5. The van der Waals surface area contributed by atoms with E-state index in [1.165, 1.54) is 12.1 Å². The molecule has 28 heavy (non-hydrogen) atoms. The molecular weight excluding hydrogens is 529 g/mol. The van der Waals surface area contributed by atoms with Crippen molar-refractivity contribution in [2.24, 2.45) is 9.98 Å². The van der Waals surface area contributed by atoms with E-state index in [-0.39, 0.29) is 48.4 Å². The summed E-state index contributed by atoms with van der Waals surface area (Å²) < 4.78 is 5.39. The molecule has 0 aromatic heterocycles. The molecule has 2 aromatic carbocycles. The molecule has 9 nitrogen and oxygen atoms in total. The third-order valence-corrected chi connectivity index (χ3v) is 3.03. The molecule has 0 bridgehead atoms. The van der Waals surface area contributed by atoms with E-state index < -0.39 is 5.09 Å². The van der Waals surface area contributed by atoms with E-state index in [9.17, 15) is 10.2 Å². The van der Waals surface area contributed by atoms with Crippen molar-refractivity contribution in [3.8, 4) is 11.5 Å². The maximum absolute atomic E-state index is 11.4. The maximum atomic E-state index is 11.4. The van der Waals surface area contributed by atoms with E-state index in [2.05, 4.69) is 9.98 Å². The Morgan fingerprint density at radius 1 is 0.821 bits per heavy atom. The van der Waals surface area contributed by atoms with Crippen molar-refractivity contribution in [1.29, 1.82) is 0 Å². The summed E-state index contributed by atoms with van der Waals surface area (Å²) in [6, 6.07) is 13.5. The molecule has 0 saturated carbocycles. The molecule has 0 fully saturated rings. The number of hydrogen-bond acceptors (Lipinski definition) is 8. The van der Waals surface area contributed by atoms with Gasteiger partial charge in [0.05, 0.1) is 31.4 Å². The van der Waals surface area contributed by atoms with Crippen LogP contribution in [-0.4, -0.2) is 43.8 Å². The molecule has 2 rings (SSSR count). The van der Waals surface area contributed by atoms with Crippen LogP contribution in [0.25, 0.3) is 0 Å². The largest absolute Gasteiger partial charge is 3.00 e. The summed E-state index contributed by atoms with van der Waals surface area (Å²) >= 11 is 0. The molecule has 0 saturated heterocycles. The Morgan fingerprint density at radius 3 is 1.54 bits per heavy atom. The number of hydrogen-bond donors (Lipinski definition) is 0. The first-order chi connectivity index (χ1) is 13.0. The van der Waals surface area contributed by atoms with Crippen molar-refractivity contribution >= 4 is 12.4 Å². The molecule has 0 spiro atoms. The van der Waals surface area contributed by atoms with Gasteiger partial charge in [0, 0.05) is 12.4 Å². The molecule has 0 atom stereocenters. The van der Waals surface area contributed by atoms with E-state index in [4.69, 9.17) is 20.1 Å². The molecular formula is C18H18LuN3O6. The van der Waals surface area contributed by atoms with Gasteiger partial charge in [0.2, 0.25) is 0 Å². The van der Waals surface area contributed by atoms with Gasteiger partial charge in [-0.3, -0.25) is 9.98 Å². The Hall–Kier alpha value is -2.23. The Balaban J connectivity index is 0.00000133. The number of rotatable bonds is 8. The van der Waals surface area contributed by atoms with Crippen LogP contribution in [-0.2, 0) is 4.74 Å². The molecule has 0 aliphatic rings. The fourth-order valence-corrected chi connectivity index (χ4v) is 1.84. The molecule has 156 valence electrons. The summed E-state index contributed by atoms with van der Waals surface area (Å²) in [7, 11) is 0. The van der Waals surface area contributed by atoms with Crippen LogP contribution < -0.4 is 10.2 Å². The Labute approximate surface area is 191 Å². The van der Waals surface area contributed by atoms with Crippen LogP contribution in [0.2, 0.25) is 0 Å². The van der Waals surface area contributed by atoms with Gasteiger partial charge in [-0.15, -0.1) is 11.5 Å². The van der Waals surface area contributed by atoms with Crippen LogP contribution in [0.15, 0.2) is 58.5 Å². The second kappa shape index (κ2) is 15.8. The molecule has 0 aliphatic carbocycles. The molecule has 0 heterocycles. The first-order valence-corrected chi connectivity index (χ1v) is 7.91. The van der Waals surface area contributed by atoms with E-state index in [1.54, 1.807) is 48.8 Å². The van der Waals surface area contributed by atoms with E-state index in [0.29, 0.717) is 37.4 Å². The van der Waals surface area contributed by atoms with E-state index in [0.717, 1.165) is 0 Å². The molecule has 0 aliphatic heterocycles. The quantitative estimate of drug-likeness (QED) is 0.210. The minimum Gasteiger partial charge on any atom is -0.872 e. The normalized spacial score (nSPS) is 10.3. The SMILES string of the molecule is O=[N+]([O-])[O-].[Lu+3].[O-]c1ccccc1C=NCCOCCN=Cc1ccccc1[O-].